The molecular formula is C33H28FN2OSi+. The molecule has 0 aliphatic carbocycles. The van der Waals surface area contributed by atoms with Crippen molar-refractivity contribution in [3.05, 3.63) is 95.9 Å². The van der Waals surface area contributed by atoms with E-state index in [0.717, 1.165) is 54.7 Å². The quantitative estimate of drug-likeness (QED) is 0.178. The van der Waals surface area contributed by atoms with E-state index >= 15 is 4.39 Å². The second-order valence-electron chi connectivity index (χ2n) is 11.0. The minimum atomic E-state index is -1.85. The van der Waals surface area contributed by atoms with E-state index < -0.39 is 8.07 Å². The van der Waals surface area contributed by atoms with Gasteiger partial charge in [0.25, 0.3) is 0 Å². The Bertz CT molecular complexity index is 1950. The van der Waals surface area contributed by atoms with Crippen molar-refractivity contribution in [2.24, 2.45) is 7.05 Å². The molecule has 5 heteroatoms. The summed E-state index contributed by atoms with van der Waals surface area (Å²) < 4.78 is 24.2. The molecular weight excluding hydrogens is 487 g/mol. The minimum absolute atomic E-state index is 0.173. The van der Waals surface area contributed by atoms with Gasteiger partial charge in [0.2, 0.25) is 5.69 Å². The van der Waals surface area contributed by atoms with E-state index in [0.29, 0.717) is 16.7 Å². The number of halogens is 1. The summed E-state index contributed by atoms with van der Waals surface area (Å²) in [6.07, 6.45) is 1.94. The SMILES string of the molecule is Cc1ccc2c(oc3c(-c4cccc5ccccc45)c(C#N)ccc32)c1-c1cc(F)c([Si](C)(C)C)c[n+]1C. The van der Waals surface area contributed by atoms with Crippen LogP contribution < -0.4 is 9.75 Å². The predicted molar refractivity (Wildman–Crippen MR) is 156 cm³/mol. The third-order valence-corrected chi connectivity index (χ3v) is 9.47. The Hall–Kier alpha value is -4.27. The van der Waals surface area contributed by atoms with Crippen LogP contribution in [0.4, 0.5) is 4.39 Å². The topological polar surface area (TPSA) is 40.8 Å². The summed E-state index contributed by atoms with van der Waals surface area (Å²) in [7, 11) is 0.112. The average molecular weight is 516 g/mol. The van der Waals surface area contributed by atoms with Gasteiger partial charge in [-0.05, 0) is 41.0 Å². The van der Waals surface area contributed by atoms with Crippen molar-refractivity contribution >= 4 is 46.0 Å². The normalized spacial score (nSPS) is 11.9. The monoisotopic (exact) mass is 515 g/mol. The van der Waals surface area contributed by atoms with Gasteiger partial charge in [0.1, 0.15) is 24.0 Å². The number of aromatic nitrogens is 1. The van der Waals surface area contributed by atoms with Crippen molar-refractivity contribution in [1.82, 2.24) is 0 Å². The van der Waals surface area contributed by atoms with E-state index in [1.54, 1.807) is 6.07 Å². The van der Waals surface area contributed by atoms with E-state index in [-0.39, 0.29) is 5.82 Å². The molecule has 38 heavy (non-hydrogen) atoms. The second kappa shape index (κ2) is 8.65. The zero-order valence-electron chi connectivity index (χ0n) is 22.2. The van der Waals surface area contributed by atoms with Crippen LogP contribution >= 0.6 is 0 Å². The molecule has 6 rings (SSSR count). The van der Waals surface area contributed by atoms with Crippen LogP contribution in [0.2, 0.25) is 19.6 Å². The highest BCUT2D eigenvalue weighted by atomic mass is 28.3. The molecule has 0 unspecified atom stereocenters. The first-order valence-corrected chi connectivity index (χ1v) is 16.3. The average Bonchev–Trinajstić information content (AvgIpc) is 3.27. The molecule has 0 radical (unpaired) electrons. The molecule has 0 bridgehead atoms. The van der Waals surface area contributed by atoms with Crippen molar-refractivity contribution in [2.45, 2.75) is 26.6 Å². The summed E-state index contributed by atoms with van der Waals surface area (Å²) in [5.41, 5.74) is 6.30. The van der Waals surface area contributed by atoms with E-state index in [1.807, 2.05) is 61.1 Å². The molecule has 0 fully saturated rings. The Morgan fingerprint density at radius 2 is 1.53 bits per heavy atom. The number of benzene rings is 4. The molecule has 0 N–H and O–H groups in total. The van der Waals surface area contributed by atoms with Crippen molar-refractivity contribution in [1.29, 1.82) is 5.26 Å². The molecule has 0 amide bonds. The number of rotatable bonds is 3. The van der Waals surface area contributed by atoms with Gasteiger partial charge in [0.15, 0.2) is 6.20 Å². The van der Waals surface area contributed by atoms with Gasteiger partial charge in [0, 0.05) is 27.6 Å². The molecule has 0 spiro atoms. The third-order valence-electron chi connectivity index (χ3n) is 7.49. The molecule has 186 valence electrons. The number of nitriles is 1. The number of furan rings is 1. The Kier molecular flexibility index (Phi) is 5.48. The lowest BCUT2D eigenvalue weighted by Crippen LogP contribution is -2.47. The molecule has 2 aromatic heterocycles. The van der Waals surface area contributed by atoms with Crippen LogP contribution in [0, 0.1) is 24.1 Å². The van der Waals surface area contributed by atoms with E-state index in [1.165, 1.54) is 0 Å². The number of fused-ring (bicyclic) bond motifs is 4. The van der Waals surface area contributed by atoms with Crippen molar-refractivity contribution in [3.8, 4) is 28.5 Å². The summed E-state index contributed by atoms with van der Waals surface area (Å²) in [5.74, 6) is -0.173. The summed E-state index contributed by atoms with van der Waals surface area (Å²) in [6, 6.07) is 26.3. The molecule has 0 atom stereocenters. The zero-order chi connectivity index (χ0) is 26.8. The van der Waals surface area contributed by atoms with Crippen molar-refractivity contribution < 1.29 is 13.4 Å². The van der Waals surface area contributed by atoms with Gasteiger partial charge in [0.05, 0.1) is 25.3 Å². The fourth-order valence-corrected chi connectivity index (χ4v) is 6.92. The first kappa shape index (κ1) is 24.1. The van der Waals surface area contributed by atoms with Crippen molar-refractivity contribution in [3.63, 3.8) is 0 Å². The lowest BCUT2D eigenvalue weighted by Gasteiger charge is -2.16. The summed E-state index contributed by atoms with van der Waals surface area (Å²) >= 11 is 0. The molecule has 0 aliphatic heterocycles. The van der Waals surface area contributed by atoms with Gasteiger partial charge in [-0.2, -0.15) is 5.26 Å². The highest BCUT2D eigenvalue weighted by molar-refractivity contribution is 6.88. The third kappa shape index (κ3) is 3.64. The minimum Gasteiger partial charge on any atom is -0.454 e. The number of nitrogens with zero attached hydrogens (tertiary/aromatic N) is 2. The number of pyridine rings is 1. The zero-order valence-corrected chi connectivity index (χ0v) is 23.2. The smallest absolute Gasteiger partial charge is 0.219 e. The number of hydrogen-bond donors (Lipinski definition) is 0. The van der Waals surface area contributed by atoms with Gasteiger partial charge >= 0.3 is 0 Å². The van der Waals surface area contributed by atoms with Crippen LogP contribution in [0.1, 0.15) is 11.1 Å². The maximum absolute atomic E-state index is 15.4. The molecule has 0 saturated heterocycles. The predicted octanol–water partition coefficient (Wildman–Crippen LogP) is 7.76. The Balaban J connectivity index is 1.71. The van der Waals surface area contributed by atoms with Gasteiger partial charge in [-0.15, -0.1) is 0 Å². The van der Waals surface area contributed by atoms with Gasteiger partial charge in [-0.25, -0.2) is 8.96 Å². The summed E-state index contributed by atoms with van der Waals surface area (Å²) in [5, 5.41) is 14.9. The maximum atomic E-state index is 15.4. The van der Waals surface area contributed by atoms with Gasteiger partial charge < -0.3 is 4.42 Å². The number of aryl methyl sites for hydroxylation is 2. The van der Waals surface area contributed by atoms with Crippen LogP contribution in [0.15, 0.2) is 83.4 Å². The molecule has 6 aromatic rings. The van der Waals surface area contributed by atoms with Gasteiger partial charge in [-0.3, -0.25) is 0 Å². The lowest BCUT2D eigenvalue weighted by molar-refractivity contribution is -0.659. The Morgan fingerprint density at radius 3 is 2.26 bits per heavy atom. The van der Waals surface area contributed by atoms with E-state index in [4.69, 9.17) is 4.42 Å². The highest BCUT2D eigenvalue weighted by Crippen LogP contribution is 2.43. The summed E-state index contributed by atoms with van der Waals surface area (Å²) in [6.45, 7) is 8.48. The highest BCUT2D eigenvalue weighted by Gasteiger charge is 2.29. The molecule has 0 aliphatic rings. The largest absolute Gasteiger partial charge is 0.454 e. The first-order valence-electron chi connectivity index (χ1n) is 12.8. The fourth-order valence-electron chi connectivity index (χ4n) is 5.55. The van der Waals surface area contributed by atoms with Crippen LogP contribution in [-0.4, -0.2) is 8.07 Å². The summed E-state index contributed by atoms with van der Waals surface area (Å²) in [4.78, 5) is 0. The van der Waals surface area contributed by atoms with E-state index in [2.05, 4.69) is 56.0 Å². The first-order chi connectivity index (χ1) is 18.2. The Labute approximate surface area is 222 Å². The van der Waals surface area contributed by atoms with Crippen LogP contribution in [-0.2, 0) is 7.05 Å². The molecule has 4 aromatic carbocycles. The fraction of sp³-hybridized carbons (Fsp3) is 0.152. The molecule has 3 nitrogen and oxygen atoms in total. The van der Waals surface area contributed by atoms with E-state index in [9.17, 15) is 5.26 Å². The second-order valence-corrected chi connectivity index (χ2v) is 16.1. The maximum Gasteiger partial charge on any atom is 0.219 e. The van der Waals surface area contributed by atoms with Gasteiger partial charge in [-0.1, -0.05) is 74.2 Å². The lowest BCUT2D eigenvalue weighted by atomic mass is 9.93. The van der Waals surface area contributed by atoms with Crippen LogP contribution in [0.3, 0.4) is 0 Å². The standard InChI is InChI=1S/C33H28FN2OSi/c1-20-13-15-25-26-16-14-22(18-35)31(24-12-8-10-21-9-6-7-11-23(21)24)33(26)37-32(25)30(20)28-17-27(34)29(19-36(28)2)38(3,4)5/h6-17,19H,1-5H3/q+1. The molecule has 0 saturated carbocycles. The number of hydrogen-bond acceptors (Lipinski definition) is 2. The van der Waals surface area contributed by atoms with Crippen LogP contribution in [0.5, 0.6) is 0 Å². The van der Waals surface area contributed by atoms with Crippen LogP contribution in [0.25, 0.3) is 55.1 Å². The molecule has 2 heterocycles. The van der Waals surface area contributed by atoms with Crippen molar-refractivity contribution in [2.75, 3.05) is 0 Å². The Morgan fingerprint density at radius 1 is 0.842 bits per heavy atom.